The van der Waals surface area contributed by atoms with E-state index in [2.05, 4.69) is 6.07 Å². The lowest BCUT2D eigenvalue weighted by molar-refractivity contribution is -0.128. The first-order chi connectivity index (χ1) is 17.0. The number of halogens is 1. The van der Waals surface area contributed by atoms with E-state index in [4.69, 9.17) is 14.2 Å². The van der Waals surface area contributed by atoms with Crippen LogP contribution in [0.5, 0.6) is 0 Å². The Kier molecular flexibility index (Phi) is 6.66. The van der Waals surface area contributed by atoms with Gasteiger partial charge in [-0.2, -0.15) is 5.26 Å². The van der Waals surface area contributed by atoms with Crippen molar-refractivity contribution in [2.24, 2.45) is 0 Å². The van der Waals surface area contributed by atoms with Crippen LogP contribution >= 0.6 is 0 Å². The van der Waals surface area contributed by atoms with Crippen molar-refractivity contribution in [1.29, 1.82) is 5.26 Å². The third kappa shape index (κ3) is 4.99. The summed E-state index contributed by atoms with van der Waals surface area (Å²) in [6, 6.07) is 8.65. The van der Waals surface area contributed by atoms with Gasteiger partial charge < -0.3 is 24.0 Å². The van der Waals surface area contributed by atoms with E-state index in [1.165, 1.54) is 12.1 Å². The molecule has 9 heteroatoms. The second-order valence-corrected chi connectivity index (χ2v) is 8.87. The second-order valence-electron chi connectivity index (χ2n) is 8.87. The molecule has 1 amide bonds. The highest BCUT2D eigenvalue weighted by molar-refractivity contribution is 5.98. The summed E-state index contributed by atoms with van der Waals surface area (Å²) in [4.78, 5) is 28.5. The van der Waals surface area contributed by atoms with Gasteiger partial charge in [-0.05, 0) is 47.8 Å². The number of carbonyl (C=O) groups is 2. The number of amides is 1. The molecule has 5 rings (SSSR count). The number of ketones is 1. The van der Waals surface area contributed by atoms with Crippen LogP contribution in [0.15, 0.2) is 53.4 Å². The summed E-state index contributed by atoms with van der Waals surface area (Å²) in [5.41, 5.74) is 3.13. The molecule has 1 aromatic rings. The van der Waals surface area contributed by atoms with Gasteiger partial charge in [-0.1, -0.05) is 12.1 Å². The summed E-state index contributed by atoms with van der Waals surface area (Å²) >= 11 is 0. The maximum absolute atomic E-state index is 14.1. The van der Waals surface area contributed by atoms with Gasteiger partial charge >= 0.3 is 6.09 Å². The number of morpholine rings is 1. The standard InChI is InChI=1S/C26H26FN3O5/c27-19-3-1-2-17(12-19)25-21-14-24(34-10-11-35-26(32)29-6-8-33-9-7-29)23(31)13-18(21)16-30(20-4-5-20)22(25)15-28/h1-3,12,14,16,20,24H,4-11,13H2. The summed E-state index contributed by atoms with van der Waals surface area (Å²) < 4.78 is 30.4. The number of hydrogen-bond donors (Lipinski definition) is 0. The van der Waals surface area contributed by atoms with Crippen LogP contribution in [-0.2, 0) is 19.0 Å². The van der Waals surface area contributed by atoms with Crippen LogP contribution < -0.4 is 0 Å². The van der Waals surface area contributed by atoms with Crippen molar-refractivity contribution in [2.45, 2.75) is 31.4 Å². The van der Waals surface area contributed by atoms with Gasteiger partial charge in [0, 0.05) is 37.3 Å². The zero-order valence-corrected chi connectivity index (χ0v) is 19.2. The quantitative estimate of drug-likeness (QED) is 0.579. The molecule has 4 aliphatic rings. The highest BCUT2D eigenvalue weighted by Gasteiger charge is 2.38. The third-order valence-electron chi connectivity index (χ3n) is 6.44. The monoisotopic (exact) mass is 479 g/mol. The lowest BCUT2D eigenvalue weighted by atomic mass is 9.81. The van der Waals surface area contributed by atoms with Crippen molar-refractivity contribution >= 4 is 17.4 Å². The number of rotatable bonds is 6. The first-order valence-electron chi connectivity index (χ1n) is 11.8. The molecule has 1 unspecified atom stereocenters. The molecule has 0 aromatic heterocycles. The highest BCUT2D eigenvalue weighted by atomic mass is 19.1. The summed E-state index contributed by atoms with van der Waals surface area (Å²) in [5, 5.41) is 10.0. The van der Waals surface area contributed by atoms with E-state index in [9.17, 15) is 19.2 Å². The average molecular weight is 480 g/mol. The predicted molar refractivity (Wildman–Crippen MR) is 123 cm³/mol. The van der Waals surface area contributed by atoms with E-state index in [1.807, 2.05) is 11.1 Å². The van der Waals surface area contributed by atoms with Crippen molar-refractivity contribution in [1.82, 2.24) is 9.80 Å². The van der Waals surface area contributed by atoms with Gasteiger partial charge in [0.2, 0.25) is 0 Å². The number of allylic oxidation sites excluding steroid dienone is 4. The van der Waals surface area contributed by atoms with Crippen molar-refractivity contribution in [3.8, 4) is 6.07 Å². The van der Waals surface area contributed by atoms with E-state index in [1.54, 1.807) is 23.1 Å². The fourth-order valence-electron chi connectivity index (χ4n) is 4.56. The van der Waals surface area contributed by atoms with Gasteiger partial charge in [-0.25, -0.2) is 9.18 Å². The molecule has 0 spiro atoms. The Balaban J connectivity index is 1.34. The van der Waals surface area contributed by atoms with Gasteiger partial charge in [-0.3, -0.25) is 4.79 Å². The molecule has 2 aliphatic carbocycles. The number of carbonyl (C=O) groups excluding carboxylic acids is 2. The number of Topliss-reactive ketones (excluding diaryl/α,β-unsaturated/α-hetero) is 1. The number of benzene rings is 1. The number of hydrogen-bond acceptors (Lipinski definition) is 7. The molecule has 2 heterocycles. The van der Waals surface area contributed by atoms with Gasteiger partial charge in [0.25, 0.3) is 0 Å². The molecule has 0 N–H and O–H groups in total. The molecule has 1 atom stereocenters. The fourth-order valence-corrected chi connectivity index (χ4v) is 4.56. The maximum Gasteiger partial charge on any atom is 0.409 e. The summed E-state index contributed by atoms with van der Waals surface area (Å²) in [6.45, 7) is 1.99. The smallest absolute Gasteiger partial charge is 0.409 e. The normalized spacial score (nSPS) is 22.3. The minimum absolute atomic E-state index is 0.0112. The van der Waals surface area contributed by atoms with E-state index < -0.39 is 18.0 Å². The first-order valence-corrected chi connectivity index (χ1v) is 11.8. The average Bonchev–Trinajstić information content (AvgIpc) is 3.71. The molecule has 35 heavy (non-hydrogen) atoms. The van der Waals surface area contributed by atoms with Crippen molar-refractivity contribution in [3.05, 3.63) is 64.8 Å². The van der Waals surface area contributed by atoms with Crippen LogP contribution in [0.1, 0.15) is 24.8 Å². The van der Waals surface area contributed by atoms with Crippen LogP contribution in [0.2, 0.25) is 0 Å². The van der Waals surface area contributed by atoms with Crippen LogP contribution in [0.25, 0.3) is 5.57 Å². The van der Waals surface area contributed by atoms with Crippen molar-refractivity contribution < 1.29 is 28.2 Å². The second kappa shape index (κ2) is 10.0. The van der Waals surface area contributed by atoms with Crippen LogP contribution in [0, 0.1) is 17.1 Å². The zero-order chi connectivity index (χ0) is 24.4. The van der Waals surface area contributed by atoms with Crippen LogP contribution in [0.3, 0.4) is 0 Å². The van der Waals surface area contributed by atoms with Crippen molar-refractivity contribution in [2.75, 3.05) is 39.5 Å². The molecule has 182 valence electrons. The Morgan fingerprint density at radius 1 is 1.23 bits per heavy atom. The molecule has 2 aliphatic heterocycles. The Bertz CT molecular complexity index is 1160. The van der Waals surface area contributed by atoms with Gasteiger partial charge in [0.05, 0.1) is 19.8 Å². The molecule has 8 nitrogen and oxygen atoms in total. The molecule has 1 aromatic carbocycles. The molecule has 2 fully saturated rings. The number of nitriles is 1. The SMILES string of the molecule is N#CC1=C(c2cccc(F)c2)C2=CC(OCCOC(=O)N3CCOCC3)C(=O)CC2=CN1C1CC1. The third-order valence-corrected chi connectivity index (χ3v) is 6.44. The van der Waals surface area contributed by atoms with E-state index in [0.29, 0.717) is 48.7 Å². The number of fused-ring (bicyclic) bond motifs is 1. The number of nitrogens with zero attached hydrogens (tertiary/aromatic N) is 3. The number of ether oxygens (including phenoxy) is 3. The highest BCUT2D eigenvalue weighted by Crippen LogP contribution is 2.44. The van der Waals surface area contributed by atoms with Crippen molar-refractivity contribution in [3.63, 3.8) is 0 Å². The largest absolute Gasteiger partial charge is 0.447 e. The van der Waals surface area contributed by atoms with Crippen LogP contribution in [0.4, 0.5) is 9.18 Å². The van der Waals surface area contributed by atoms with E-state index >= 15 is 0 Å². The summed E-state index contributed by atoms with van der Waals surface area (Å²) in [6.07, 6.45) is 4.37. The Labute approximate surface area is 202 Å². The molecular weight excluding hydrogens is 453 g/mol. The molecule has 1 saturated carbocycles. The van der Waals surface area contributed by atoms with Gasteiger partial charge in [-0.15, -0.1) is 0 Å². The van der Waals surface area contributed by atoms with Gasteiger partial charge in [0.1, 0.15) is 30.3 Å². The first kappa shape index (κ1) is 23.3. The Morgan fingerprint density at radius 3 is 2.74 bits per heavy atom. The van der Waals surface area contributed by atoms with E-state index in [0.717, 1.165) is 18.4 Å². The van der Waals surface area contributed by atoms with Gasteiger partial charge in [0.15, 0.2) is 5.78 Å². The molecule has 0 radical (unpaired) electrons. The lowest BCUT2D eigenvalue weighted by Crippen LogP contribution is -2.41. The molecule has 1 saturated heterocycles. The fraction of sp³-hybridized carbons (Fsp3) is 0.423. The predicted octanol–water partition coefficient (Wildman–Crippen LogP) is 3.18. The lowest BCUT2D eigenvalue weighted by Gasteiger charge is -2.34. The minimum Gasteiger partial charge on any atom is -0.447 e. The topological polar surface area (TPSA) is 92.1 Å². The Hall–Kier alpha value is -3.48. The molecular formula is C26H26FN3O5. The molecule has 0 bridgehead atoms. The Morgan fingerprint density at radius 2 is 2.03 bits per heavy atom. The van der Waals surface area contributed by atoms with Crippen LogP contribution in [-0.4, -0.2) is 73.3 Å². The summed E-state index contributed by atoms with van der Waals surface area (Å²) in [5.74, 6) is -0.516. The maximum atomic E-state index is 14.1. The summed E-state index contributed by atoms with van der Waals surface area (Å²) in [7, 11) is 0. The van der Waals surface area contributed by atoms with E-state index in [-0.39, 0.29) is 31.5 Å². The zero-order valence-electron chi connectivity index (χ0n) is 19.2. The minimum atomic E-state index is -0.847.